The van der Waals surface area contributed by atoms with Gasteiger partial charge in [-0.25, -0.2) is 0 Å². The fourth-order valence-corrected chi connectivity index (χ4v) is 3.53. The molecular formula is C21H37IN4O. The van der Waals surface area contributed by atoms with E-state index in [1.165, 1.54) is 44.3 Å². The molecule has 1 unspecified atom stereocenters. The Morgan fingerprint density at radius 3 is 2.78 bits per heavy atom. The van der Waals surface area contributed by atoms with E-state index in [0.717, 1.165) is 36.3 Å². The van der Waals surface area contributed by atoms with Gasteiger partial charge in [-0.15, -0.1) is 24.0 Å². The van der Waals surface area contributed by atoms with Crippen molar-refractivity contribution in [3.63, 3.8) is 0 Å². The van der Waals surface area contributed by atoms with Gasteiger partial charge >= 0.3 is 0 Å². The SMILES string of the molecule is CN=C(NCCCCN1CCCCC1C)NCc1ccc(C)cc1OC.I. The van der Waals surface area contributed by atoms with E-state index in [9.17, 15) is 0 Å². The van der Waals surface area contributed by atoms with Crippen LogP contribution in [0.15, 0.2) is 23.2 Å². The molecule has 0 aliphatic carbocycles. The molecule has 1 fully saturated rings. The van der Waals surface area contributed by atoms with Gasteiger partial charge in [-0.05, 0) is 64.3 Å². The van der Waals surface area contributed by atoms with Crippen molar-refractivity contribution in [1.82, 2.24) is 15.5 Å². The van der Waals surface area contributed by atoms with Crippen molar-refractivity contribution in [2.24, 2.45) is 4.99 Å². The minimum Gasteiger partial charge on any atom is -0.496 e. The number of hydrogen-bond acceptors (Lipinski definition) is 3. The third-order valence-corrected chi connectivity index (χ3v) is 5.22. The second kappa shape index (κ2) is 13.2. The van der Waals surface area contributed by atoms with Gasteiger partial charge in [-0.1, -0.05) is 18.6 Å². The molecule has 1 aromatic rings. The standard InChI is InChI=1S/C21H36N4O.HI/c1-17-10-11-19(20(15-17)26-4)16-24-21(22-3)23-12-6-8-14-25-13-7-5-9-18(25)2;/h10-11,15,18H,5-9,12-14,16H2,1-4H3,(H2,22,23,24);1H. The Morgan fingerprint density at radius 1 is 1.26 bits per heavy atom. The summed E-state index contributed by atoms with van der Waals surface area (Å²) in [5, 5.41) is 6.79. The molecule has 154 valence electrons. The van der Waals surface area contributed by atoms with Crippen molar-refractivity contribution < 1.29 is 4.74 Å². The van der Waals surface area contributed by atoms with Gasteiger partial charge in [0.2, 0.25) is 0 Å². The van der Waals surface area contributed by atoms with E-state index in [0.29, 0.717) is 6.54 Å². The van der Waals surface area contributed by atoms with Crippen LogP contribution in [-0.2, 0) is 6.54 Å². The molecule has 0 amide bonds. The molecule has 1 saturated heterocycles. The lowest BCUT2D eigenvalue weighted by Crippen LogP contribution is -2.39. The van der Waals surface area contributed by atoms with Crippen molar-refractivity contribution in [3.05, 3.63) is 29.3 Å². The summed E-state index contributed by atoms with van der Waals surface area (Å²) in [4.78, 5) is 6.96. The van der Waals surface area contributed by atoms with Crippen LogP contribution < -0.4 is 15.4 Å². The minimum absolute atomic E-state index is 0. The normalized spacial score (nSPS) is 17.9. The summed E-state index contributed by atoms with van der Waals surface area (Å²) in [5.41, 5.74) is 2.34. The topological polar surface area (TPSA) is 48.9 Å². The molecule has 1 atom stereocenters. The van der Waals surface area contributed by atoms with E-state index < -0.39 is 0 Å². The molecule has 0 aromatic heterocycles. The number of piperidine rings is 1. The summed E-state index contributed by atoms with van der Waals surface area (Å²) >= 11 is 0. The highest BCUT2D eigenvalue weighted by molar-refractivity contribution is 14.0. The predicted octanol–water partition coefficient (Wildman–Crippen LogP) is 3.94. The molecule has 2 N–H and O–H groups in total. The summed E-state index contributed by atoms with van der Waals surface area (Å²) in [6.07, 6.45) is 6.52. The number of halogens is 1. The summed E-state index contributed by atoms with van der Waals surface area (Å²) in [5.74, 6) is 1.77. The molecule has 1 aliphatic rings. The number of guanidine groups is 1. The number of rotatable bonds is 8. The van der Waals surface area contributed by atoms with Crippen LogP contribution in [0.3, 0.4) is 0 Å². The second-order valence-electron chi connectivity index (χ2n) is 7.26. The number of nitrogens with one attached hydrogen (secondary N) is 2. The number of aryl methyl sites for hydroxylation is 1. The van der Waals surface area contributed by atoms with Gasteiger partial charge < -0.3 is 20.3 Å². The summed E-state index contributed by atoms with van der Waals surface area (Å²) in [6, 6.07) is 7.04. The first-order valence-electron chi connectivity index (χ1n) is 9.96. The largest absolute Gasteiger partial charge is 0.496 e. The van der Waals surface area contributed by atoms with E-state index >= 15 is 0 Å². The Morgan fingerprint density at radius 2 is 2.07 bits per heavy atom. The zero-order chi connectivity index (χ0) is 18.8. The van der Waals surface area contributed by atoms with E-state index in [1.54, 1.807) is 7.11 Å². The van der Waals surface area contributed by atoms with Gasteiger partial charge in [0.05, 0.1) is 7.11 Å². The number of likely N-dealkylation sites (tertiary alicyclic amines) is 1. The van der Waals surface area contributed by atoms with Crippen LogP contribution in [0.2, 0.25) is 0 Å². The predicted molar refractivity (Wildman–Crippen MR) is 125 cm³/mol. The second-order valence-corrected chi connectivity index (χ2v) is 7.26. The maximum atomic E-state index is 5.47. The van der Waals surface area contributed by atoms with Gasteiger partial charge in [-0.2, -0.15) is 0 Å². The highest BCUT2D eigenvalue weighted by atomic mass is 127. The van der Waals surface area contributed by atoms with Crippen LogP contribution in [0.1, 0.15) is 50.2 Å². The zero-order valence-electron chi connectivity index (χ0n) is 17.4. The van der Waals surface area contributed by atoms with Gasteiger partial charge in [0.1, 0.15) is 5.75 Å². The molecule has 1 heterocycles. The molecule has 27 heavy (non-hydrogen) atoms. The zero-order valence-corrected chi connectivity index (χ0v) is 19.7. The van der Waals surface area contributed by atoms with Crippen LogP contribution in [0.5, 0.6) is 5.75 Å². The lowest BCUT2D eigenvalue weighted by Gasteiger charge is -2.33. The number of methoxy groups -OCH3 is 1. The van der Waals surface area contributed by atoms with Gasteiger partial charge in [0.25, 0.3) is 0 Å². The lowest BCUT2D eigenvalue weighted by atomic mass is 10.0. The van der Waals surface area contributed by atoms with Crippen molar-refractivity contribution in [2.75, 3.05) is 33.8 Å². The number of unbranched alkanes of at least 4 members (excludes halogenated alkanes) is 1. The third kappa shape index (κ3) is 8.25. The van der Waals surface area contributed by atoms with E-state index in [-0.39, 0.29) is 24.0 Å². The van der Waals surface area contributed by atoms with E-state index in [2.05, 4.69) is 52.6 Å². The van der Waals surface area contributed by atoms with Crippen LogP contribution >= 0.6 is 24.0 Å². The van der Waals surface area contributed by atoms with E-state index in [4.69, 9.17) is 4.74 Å². The number of aliphatic imine (C=N–C) groups is 1. The molecule has 0 radical (unpaired) electrons. The van der Waals surface area contributed by atoms with Gasteiger partial charge in [0.15, 0.2) is 5.96 Å². The Bertz CT molecular complexity index is 579. The molecule has 0 bridgehead atoms. The Hall–Kier alpha value is -1.02. The monoisotopic (exact) mass is 488 g/mol. The number of hydrogen-bond donors (Lipinski definition) is 2. The molecule has 2 rings (SSSR count). The van der Waals surface area contributed by atoms with Gasteiger partial charge in [-0.3, -0.25) is 4.99 Å². The first-order valence-corrected chi connectivity index (χ1v) is 9.96. The van der Waals surface area contributed by atoms with Crippen molar-refractivity contribution in [1.29, 1.82) is 0 Å². The van der Waals surface area contributed by atoms with Gasteiger partial charge in [0, 0.05) is 31.7 Å². The molecule has 5 nitrogen and oxygen atoms in total. The highest BCUT2D eigenvalue weighted by Crippen LogP contribution is 2.19. The lowest BCUT2D eigenvalue weighted by molar-refractivity contribution is 0.158. The molecule has 0 saturated carbocycles. The molecule has 6 heteroatoms. The first kappa shape index (κ1) is 24.0. The smallest absolute Gasteiger partial charge is 0.191 e. The summed E-state index contributed by atoms with van der Waals surface area (Å²) in [6.45, 7) is 8.58. The first-order chi connectivity index (χ1) is 12.6. The number of benzene rings is 1. The Kier molecular flexibility index (Phi) is 11.7. The fraction of sp³-hybridized carbons (Fsp3) is 0.667. The quantitative estimate of drug-likeness (QED) is 0.252. The Balaban J connectivity index is 0.00000364. The van der Waals surface area contributed by atoms with Crippen molar-refractivity contribution in [2.45, 2.75) is 58.5 Å². The molecular weight excluding hydrogens is 451 g/mol. The maximum Gasteiger partial charge on any atom is 0.191 e. The maximum absolute atomic E-state index is 5.47. The van der Waals surface area contributed by atoms with Crippen molar-refractivity contribution >= 4 is 29.9 Å². The minimum atomic E-state index is 0. The van der Waals surface area contributed by atoms with Crippen LogP contribution in [0.25, 0.3) is 0 Å². The molecule has 0 spiro atoms. The highest BCUT2D eigenvalue weighted by Gasteiger charge is 2.16. The number of nitrogens with zero attached hydrogens (tertiary/aromatic N) is 2. The summed E-state index contributed by atoms with van der Waals surface area (Å²) in [7, 11) is 3.53. The molecule has 1 aliphatic heterocycles. The van der Waals surface area contributed by atoms with Crippen LogP contribution in [0.4, 0.5) is 0 Å². The molecule has 1 aromatic carbocycles. The van der Waals surface area contributed by atoms with Crippen LogP contribution in [0, 0.1) is 6.92 Å². The summed E-state index contributed by atoms with van der Waals surface area (Å²) < 4.78 is 5.47. The average Bonchev–Trinajstić information content (AvgIpc) is 2.66. The third-order valence-electron chi connectivity index (χ3n) is 5.22. The fourth-order valence-electron chi connectivity index (χ4n) is 3.53. The van der Waals surface area contributed by atoms with Crippen LogP contribution in [-0.4, -0.2) is 50.7 Å². The van der Waals surface area contributed by atoms with E-state index in [1.807, 2.05) is 7.05 Å². The number of ether oxygens (including phenoxy) is 1. The average molecular weight is 488 g/mol. The Labute approximate surface area is 182 Å². The van der Waals surface area contributed by atoms with Crippen molar-refractivity contribution in [3.8, 4) is 5.75 Å².